The third-order valence-electron chi connectivity index (χ3n) is 3.11. The second-order valence-corrected chi connectivity index (χ2v) is 5.08. The molecule has 2 aromatic rings. The summed E-state index contributed by atoms with van der Waals surface area (Å²) in [6.07, 6.45) is 1.63. The molecule has 0 radical (unpaired) electrons. The average Bonchev–Trinajstić information content (AvgIpc) is 2.46. The Labute approximate surface area is 123 Å². The Morgan fingerprint density at radius 1 is 1.29 bits per heavy atom. The van der Waals surface area contributed by atoms with Crippen molar-refractivity contribution in [2.45, 2.75) is 26.4 Å². The summed E-state index contributed by atoms with van der Waals surface area (Å²) >= 11 is 0. The van der Waals surface area contributed by atoms with Gasteiger partial charge in [0.05, 0.1) is 13.3 Å². The van der Waals surface area contributed by atoms with Gasteiger partial charge in [0.2, 0.25) is 5.43 Å². The van der Waals surface area contributed by atoms with E-state index in [1.54, 1.807) is 18.3 Å². The van der Waals surface area contributed by atoms with Crippen molar-refractivity contribution in [3.05, 3.63) is 58.3 Å². The molecule has 0 aliphatic rings. The second kappa shape index (κ2) is 6.54. The topological polar surface area (TPSA) is 43.3 Å². The molecule has 112 valence electrons. The van der Waals surface area contributed by atoms with E-state index in [1.165, 1.54) is 25.3 Å². The van der Waals surface area contributed by atoms with E-state index in [9.17, 15) is 9.18 Å². The van der Waals surface area contributed by atoms with Crippen LogP contribution in [0.4, 0.5) is 4.39 Å². The molecule has 1 aromatic carbocycles. The first-order valence-electron chi connectivity index (χ1n) is 6.80. The first-order valence-corrected chi connectivity index (χ1v) is 6.80. The van der Waals surface area contributed by atoms with Crippen molar-refractivity contribution < 1.29 is 9.13 Å². The first-order chi connectivity index (χ1) is 10.0. The summed E-state index contributed by atoms with van der Waals surface area (Å²) in [5, 5.41) is 3.27. The normalized spacial score (nSPS) is 10.9. The lowest BCUT2D eigenvalue weighted by Gasteiger charge is -2.16. The van der Waals surface area contributed by atoms with Crippen molar-refractivity contribution in [2.75, 3.05) is 7.11 Å². The number of pyridine rings is 1. The van der Waals surface area contributed by atoms with Crippen LogP contribution in [0.25, 0.3) is 5.69 Å². The first kappa shape index (κ1) is 15.3. The Morgan fingerprint density at radius 2 is 1.95 bits per heavy atom. The fraction of sp³-hybridized carbons (Fsp3) is 0.312. The number of methoxy groups -OCH3 is 1. The maximum absolute atomic E-state index is 13.1. The molecular formula is C16H19FN2O2. The lowest BCUT2D eigenvalue weighted by Crippen LogP contribution is -2.25. The number of ether oxygens (including phenoxy) is 1. The summed E-state index contributed by atoms with van der Waals surface area (Å²) in [6, 6.07) is 7.94. The standard InChI is InChI=1S/C16H19FN2O2/c1-11(2)18-9-14-8-15(20)16(21-3)10-19(14)13-6-4-12(17)5-7-13/h4-8,10-11,18H,9H2,1-3H3. The molecule has 0 aliphatic heterocycles. The third kappa shape index (κ3) is 3.70. The zero-order chi connectivity index (χ0) is 15.4. The van der Waals surface area contributed by atoms with Crippen molar-refractivity contribution in [2.24, 2.45) is 0 Å². The number of aromatic nitrogens is 1. The highest BCUT2D eigenvalue weighted by molar-refractivity contribution is 5.37. The predicted molar refractivity (Wildman–Crippen MR) is 80.5 cm³/mol. The molecule has 1 aromatic heterocycles. The lowest BCUT2D eigenvalue weighted by atomic mass is 10.2. The van der Waals surface area contributed by atoms with Crippen LogP contribution in [0, 0.1) is 5.82 Å². The fourth-order valence-corrected chi connectivity index (χ4v) is 2.00. The molecule has 5 heteroatoms. The Morgan fingerprint density at radius 3 is 2.52 bits per heavy atom. The van der Waals surface area contributed by atoms with E-state index in [0.29, 0.717) is 12.6 Å². The number of nitrogens with one attached hydrogen (secondary N) is 1. The van der Waals surface area contributed by atoms with Crippen LogP contribution in [-0.4, -0.2) is 17.7 Å². The summed E-state index contributed by atoms with van der Waals surface area (Å²) in [4.78, 5) is 11.9. The van der Waals surface area contributed by atoms with Gasteiger partial charge in [-0.15, -0.1) is 0 Å². The SMILES string of the molecule is COc1cn(-c2ccc(F)cc2)c(CNC(C)C)cc1=O. The molecule has 0 saturated carbocycles. The zero-order valence-corrected chi connectivity index (χ0v) is 12.4. The molecule has 2 rings (SSSR count). The van der Waals surface area contributed by atoms with E-state index in [2.05, 4.69) is 5.32 Å². The van der Waals surface area contributed by atoms with Crippen molar-refractivity contribution in [1.82, 2.24) is 9.88 Å². The van der Waals surface area contributed by atoms with Crippen LogP contribution in [0.1, 0.15) is 19.5 Å². The molecule has 0 spiro atoms. The fourth-order valence-electron chi connectivity index (χ4n) is 2.00. The van der Waals surface area contributed by atoms with E-state index in [0.717, 1.165) is 11.4 Å². The molecule has 0 amide bonds. The zero-order valence-electron chi connectivity index (χ0n) is 12.4. The van der Waals surface area contributed by atoms with E-state index in [4.69, 9.17) is 4.74 Å². The minimum absolute atomic E-state index is 0.170. The van der Waals surface area contributed by atoms with Gasteiger partial charge in [-0.1, -0.05) is 13.8 Å². The molecule has 0 bridgehead atoms. The van der Waals surface area contributed by atoms with Gasteiger partial charge < -0.3 is 14.6 Å². The Bertz CT molecular complexity index is 663. The predicted octanol–water partition coefficient (Wildman–Crippen LogP) is 2.48. The smallest absolute Gasteiger partial charge is 0.223 e. The minimum atomic E-state index is -0.298. The second-order valence-electron chi connectivity index (χ2n) is 5.08. The molecule has 0 aliphatic carbocycles. The van der Waals surface area contributed by atoms with Crippen molar-refractivity contribution in [3.63, 3.8) is 0 Å². The van der Waals surface area contributed by atoms with Crippen LogP contribution < -0.4 is 15.5 Å². The number of rotatable bonds is 5. The number of halogens is 1. The summed E-state index contributed by atoms with van der Waals surface area (Å²) in [5.74, 6) is -0.0405. The van der Waals surface area contributed by atoms with Crippen LogP contribution in [0.15, 0.2) is 41.3 Å². The molecule has 1 heterocycles. The Kier molecular flexibility index (Phi) is 4.75. The van der Waals surface area contributed by atoms with Gasteiger partial charge in [-0.3, -0.25) is 4.79 Å². The van der Waals surface area contributed by atoms with Gasteiger partial charge >= 0.3 is 0 Å². The maximum Gasteiger partial charge on any atom is 0.223 e. The van der Waals surface area contributed by atoms with Crippen molar-refractivity contribution in [3.8, 4) is 11.4 Å². The Hall–Kier alpha value is -2.14. The van der Waals surface area contributed by atoms with Gasteiger partial charge in [0.1, 0.15) is 5.82 Å². The van der Waals surface area contributed by atoms with Crippen molar-refractivity contribution >= 4 is 0 Å². The van der Waals surface area contributed by atoms with E-state index < -0.39 is 0 Å². The van der Waals surface area contributed by atoms with Gasteiger partial charge in [0.15, 0.2) is 5.75 Å². The van der Waals surface area contributed by atoms with E-state index >= 15 is 0 Å². The van der Waals surface area contributed by atoms with E-state index in [-0.39, 0.29) is 17.0 Å². The molecular weight excluding hydrogens is 271 g/mol. The van der Waals surface area contributed by atoms with Crippen molar-refractivity contribution in [1.29, 1.82) is 0 Å². The molecule has 0 fully saturated rings. The monoisotopic (exact) mass is 290 g/mol. The number of hydrogen-bond acceptors (Lipinski definition) is 3. The molecule has 0 atom stereocenters. The summed E-state index contributed by atoms with van der Waals surface area (Å²) in [5.41, 5.74) is 1.40. The van der Waals surface area contributed by atoms with Gasteiger partial charge in [-0.05, 0) is 24.3 Å². The number of hydrogen-bond donors (Lipinski definition) is 1. The van der Waals surface area contributed by atoms with Gasteiger partial charge in [0, 0.05) is 30.0 Å². The molecule has 0 saturated heterocycles. The molecule has 1 N–H and O–H groups in total. The minimum Gasteiger partial charge on any atom is -0.491 e. The largest absolute Gasteiger partial charge is 0.491 e. The third-order valence-corrected chi connectivity index (χ3v) is 3.11. The van der Waals surface area contributed by atoms with Gasteiger partial charge in [-0.25, -0.2) is 4.39 Å². The highest BCUT2D eigenvalue weighted by Crippen LogP contribution is 2.15. The summed E-state index contributed by atoms with van der Waals surface area (Å²) in [6.45, 7) is 4.60. The Balaban J connectivity index is 2.49. The molecule has 4 nitrogen and oxygen atoms in total. The van der Waals surface area contributed by atoms with E-state index in [1.807, 2.05) is 18.4 Å². The molecule has 0 unspecified atom stereocenters. The summed E-state index contributed by atoms with van der Waals surface area (Å²) in [7, 11) is 1.46. The van der Waals surface area contributed by atoms with Gasteiger partial charge in [0.25, 0.3) is 0 Å². The number of nitrogens with zero attached hydrogens (tertiary/aromatic N) is 1. The summed E-state index contributed by atoms with van der Waals surface area (Å²) < 4.78 is 20.0. The lowest BCUT2D eigenvalue weighted by molar-refractivity contribution is 0.406. The quantitative estimate of drug-likeness (QED) is 0.920. The van der Waals surface area contributed by atoms with Crippen LogP contribution in [0.5, 0.6) is 5.75 Å². The van der Waals surface area contributed by atoms with Crippen LogP contribution in [0.3, 0.4) is 0 Å². The van der Waals surface area contributed by atoms with Crippen LogP contribution in [-0.2, 0) is 6.54 Å². The maximum atomic E-state index is 13.1. The highest BCUT2D eigenvalue weighted by Gasteiger charge is 2.09. The molecule has 21 heavy (non-hydrogen) atoms. The van der Waals surface area contributed by atoms with Crippen LogP contribution in [0.2, 0.25) is 0 Å². The number of benzene rings is 1. The van der Waals surface area contributed by atoms with Gasteiger partial charge in [-0.2, -0.15) is 0 Å². The van der Waals surface area contributed by atoms with Crippen LogP contribution >= 0.6 is 0 Å². The average molecular weight is 290 g/mol. The highest BCUT2D eigenvalue weighted by atomic mass is 19.1.